The van der Waals surface area contributed by atoms with Crippen molar-refractivity contribution in [1.82, 2.24) is 14.5 Å². The highest BCUT2D eigenvalue weighted by Gasteiger charge is 2.12. The molecule has 0 bridgehead atoms. The molecule has 0 N–H and O–H groups in total. The second-order valence-electron chi connectivity index (χ2n) is 4.53. The molecule has 0 fully saturated rings. The van der Waals surface area contributed by atoms with Crippen LogP contribution in [0, 0.1) is 6.92 Å². The highest BCUT2D eigenvalue weighted by Crippen LogP contribution is 2.23. The van der Waals surface area contributed by atoms with Crippen molar-refractivity contribution in [1.29, 1.82) is 0 Å². The number of halogens is 2. The summed E-state index contributed by atoms with van der Waals surface area (Å²) in [5, 5.41) is 1.79. The number of fused-ring (bicyclic) bond motifs is 1. The molecular formula is C14H13Cl2N3S. The molecule has 0 aliphatic heterocycles. The van der Waals surface area contributed by atoms with Crippen LogP contribution in [-0.2, 0) is 13.0 Å². The molecule has 6 heteroatoms. The Hall–Kier alpha value is -1.10. The van der Waals surface area contributed by atoms with Crippen molar-refractivity contribution in [2.24, 2.45) is 0 Å². The van der Waals surface area contributed by atoms with Crippen molar-refractivity contribution >= 4 is 45.6 Å². The van der Waals surface area contributed by atoms with Crippen LogP contribution in [-0.4, -0.2) is 20.4 Å². The van der Waals surface area contributed by atoms with Crippen LogP contribution < -0.4 is 0 Å². The average molecular weight is 326 g/mol. The number of hydrogen-bond donors (Lipinski definition) is 0. The number of rotatable bonds is 4. The molecule has 2 aromatic heterocycles. The van der Waals surface area contributed by atoms with Gasteiger partial charge in [0.05, 0.1) is 22.6 Å². The number of benzene rings is 1. The molecule has 0 atom stereocenters. The minimum Gasteiger partial charge on any atom is -0.323 e. The summed E-state index contributed by atoms with van der Waals surface area (Å²) in [6.07, 6.45) is 2.66. The van der Waals surface area contributed by atoms with Gasteiger partial charge in [0.25, 0.3) is 0 Å². The second-order valence-corrected chi connectivity index (χ2v) is 6.67. The van der Waals surface area contributed by atoms with Crippen molar-refractivity contribution in [3.63, 3.8) is 0 Å². The third-order valence-electron chi connectivity index (χ3n) is 3.09. The van der Waals surface area contributed by atoms with Crippen molar-refractivity contribution in [3.8, 4) is 0 Å². The fourth-order valence-corrected chi connectivity index (χ4v) is 3.35. The van der Waals surface area contributed by atoms with Crippen LogP contribution >= 0.6 is 34.5 Å². The molecule has 2 heterocycles. The van der Waals surface area contributed by atoms with E-state index in [1.165, 1.54) is 4.88 Å². The Morgan fingerprint density at radius 1 is 1.35 bits per heavy atom. The molecule has 0 aliphatic rings. The monoisotopic (exact) mass is 325 g/mol. The summed E-state index contributed by atoms with van der Waals surface area (Å²) >= 11 is 13.7. The van der Waals surface area contributed by atoms with Crippen LogP contribution in [0.4, 0.5) is 0 Å². The van der Waals surface area contributed by atoms with Gasteiger partial charge in [-0.25, -0.2) is 9.97 Å². The molecule has 104 valence electrons. The Balaban J connectivity index is 2.09. The Morgan fingerprint density at radius 3 is 2.90 bits per heavy atom. The topological polar surface area (TPSA) is 30.7 Å². The average Bonchev–Trinajstić information content (AvgIpc) is 2.96. The molecule has 20 heavy (non-hydrogen) atoms. The number of aryl methyl sites for hydroxylation is 2. The highest BCUT2D eigenvalue weighted by atomic mass is 35.5. The second kappa shape index (κ2) is 5.72. The molecule has 0 saturated heterocycles. The van der Waals surface area contributed by atoms with Gasteiger partial charge >= 0.3 is 0 Å². The molecule has 0 aliphatic carbocycles. The SMILES string of the molecule is Cc1ncc(Cn2c(CCCl)nc3ccc(Cl)cc32)s1. The third-order valence-corrected chi connectivity index (χ3v) is 4.41. The first-order valence-electron chi connectivity index (χ1n) is 6.29. The maximum Gasteiger partial charge on any atom is 0.111 e. The molecular weight excluding hydrogens is 313 g/mol. The molecule has 3 rings (SSSR count). The van der Waals surface area contributed by atoms with Gasteiger partial charge in [0, 0.05) is 28.4 Å². The van der Waals surface area contributed by atoms with Gasteiger partial charge in [-0.15, -0.1) is 22.9 Å². The molecule has 1 aromatic carbocycles. The molecule has 0 saturated carbocycles. The first kappa shape index (κ1) is 13.9. The number of imidazole rings is 1. The van der Waals surface area contributed by atoms with Gasteiger partial charge in [-0.3, -0.25) is 0 Å². The molecule has 3 nitrogen and oxygen atoms in total. The van der Waals surface area contributed by atoms with Gasteiger partial charge < -0.3 is 4.57 Å². The first-order valence-corrected chi connectivity index (χ1v) is 8.02. The summed E-state index contributed by atoms with van der Waals surface area (Å²) in [4.78, 5) is 10.2. The maximum atomic E-state index is 6.11. The Bertz CT molecular complexity index is 748. The minimum absolute atomic E-state index is 0.554. The summed E-state index contributed by atoms with van der Waals surface area (Å²) in [5.41, 5.74) is 2.00. The summed E-state index contributed by atoms with van der Waals surface area (Å²) < 4.78 is 2.18. The maximum absolute atomic E-state index is 6.11. The van der Waals surface area contributed by atoms with E-state index in [1.807, 2.05) is 31.3 Å². The smallest absolute Gasteiger partial charge is 0.111 e. The van der Waals surface area contributed by atoms with Crippen LogP contribution in [0.1, 0.15) is 15.7 Å². The zero-order valence-electron chi connectivity index (χ0n) is 10.9. The third kappa shape index (κ3) is 2.68. The van der Waals surface area contributed by atoms with E-state index in [0.717, 1.165) is 39.9 Å². The quantitative estimate of drug-likeness (QED) is 0.670. The van der Waals surface area contributed by atoms with Gasteiger partial charge in [0.2, 0.25) is 0 Å². The van der Waals surface area contributed by atoms with Gasteiger partial charge in [0.15, 0.2) is 0 Å². The summed E-state index contributed by atoms with van der Waals surface area (Å²) in [6, 6.07) is 5.77. The zero-order chi connectivity index (χ0) is 14.1. The van der Waals surface area contributed by atoms with E-state index in [9.17, 15) is 0 Å². The molecule has 0 unspecified atom stereocenters. The minimum atomic E-state index is 0.554. The fourth-order valence-electron chi connectivity index (χ4n) is 2.23. The van der Waals surface area contributed by atoms with Crippen molar-refractivity contribution in [3.05, 3.63) is 45.1 Å². The lowest BCUT2D eigenvalue weighted by atomic mass is 10.3. The van der Waals surface area contributed by atoms with E-state index in [0.29, 0.717) is 5.88 Å². The van der Waals surface area contributed by atoms with E-state index >= 15 is 0 Å². The zero-order valence-corrected chi connectivity index (χ0v) is 13.3. The van der Waals surface area contributed by atoms with Gasteiger partial charge in [0.1, 0.15) is 5.82 Å². The Kier molecular flexibility index (Phi) is 3.96. The summed E-state index contributed by atoms with van der Waals surface area (Å²) in [7, 11) is 0. The lowest BCUT2D eigenvalue weighted by molar-refractivity contribution is 0.762. The fraction of sp³-hybridized carbons (Fsp3) is 0.286. The molecule has 0 spiro atoms. The first-order chi connectivity index (χ1) is 9.67. The van der Waals surface area contributed by atoms with Crippen LogP contribution in [0.3, 0.4) is 0 Å². The normalized spacial score (nSPS) is 11.3. The van der Waals surface area contributed by atoms with Crippen molar-refractivity contribution < 1.29 is 0 Å². The van der Waals surface area contributed by atoms with E-state index in [1.54, 1.807) is 11.3 Å². The standard InChI is InChI=1S/C14H13Cl2N3S/c1-9-17-7-11(20-9)8-19-13-6-10(16)2-3-12(13)18-14(19)4-5-15/h2-3,6-7H,4-5,8H2,1H3. The Morgan fingerprint density at radius 2 is 2.20 bits per heavy atom. The molecule has 3 aromatic rings. The molecule has 0 radical (unpaired) electrons. The van der Waals surface area contributed by atoms with Crippen molar-refractivity contribution in [2.75, 3.05) is 5.88 Å². The summed E-state index contributed by atoms with van der Waals surface area (Å²) in [5.74, 6) is 1.54. The van der Waals surface area contributed by atoms with E-state index in [-0.39, 0.29) is 0 Å². The predicted molar refractivity (Wildman–Crippen MR) is 85.1 cm³/mol. The predicted octanol–water partition coefficient (Wildman–Crippen LogP) is 4.28. The largest absolute Gasteiger partial charge is 0.323 e. The van der Waals surface area contributed by atoms with Gasteiger partial charge in [-0.05, 0) is 25.1 Å². The van der Waals surface area contributed by atoms with Crippen LogP contribution in [0.15, 0.2) is 24.4 Å². The number of thiazole rings is 1. The van der Waals surface area contributed by atoms with E-state index in [4.69, 9.17) is 23.2 Å². The lowest BCUT2D eigenvalue weighted by Gasteiger charge is -2.06. The van der Waals surface area contributed by atoms with Crippen LogP contribution in [0.2, 0.25) is 5.02 Å². The van der Waals surface area contributed by atoms with E-state index in [2.05, 4.69) is 14.5 Å². The lowest BCUT2D eigenvalue weighted by Crippen LogP contribution is -2.05. The molecule has 0 amide bonds. The van der Waals surface area contributed by atoms with Gasteiger partial charge in [-0.1, -0.05) is 11.6 Å². The highest BCUT2D eigenvalue weighted by molar-refractivity contribution is 7.11. The number of aromatic nitrogens is 3. The van der Waals surface area contributed by atoms with E-state index < -0.39 is 0 Å². The van der Waals surface area contributed by atoms with Gasteiger partial charge in [-0.2, -0.15) is 0 Å². The Labute approximate surface area is 131 Å². The van der Waals surface area contributed by atoms with Crippen LogP contribution in [0.25, 0.3) is 11.0 Å². The number of alkyl halides is 1. The number of hydrogen-bond acceptors (Lipinski definition) is 3. The summed E-state index contributed by atoms with van der Waals surface area (Å²) in [6.45, 7) is 2.77. The number of nitrogens with zero attached hydrogens (tertiary/aromatic N) is 3. The van der Waals surface area contributed by atoms with Crippen molar-refractivity contribution in [2.45, 2.75) is 19.9 Å². The van der Waals surface area contributed by atoms with Crippen LogP contribution in [0.5, 0.6) is 0 Å².